The number of allylic oxidation sites excluding steroid dienone is 2. The summed E-state index contributed by atoms with van der Waals surface area (Å²) in [4.78, 5) is 25.3. The quantitative estimate of drug-likeness (QED) is 0.398. The molecule has 0 spiro atoms. The number of carbonyl (C=O) groups is 2. The Morgan fingerprint density at radius 3 is 2.31 bits per heavy atom. The molecule has 0 aromatic heterocycles. The molecule has 1 aliphatic heterocycles. The lowest BCUT2D eigenvalue weighted by Gasteiger charge is -2.14. The number of nitrogens with zero attached hydrogens (tertiary/aromatic N) is 1. The van der Waals surface area contributed by atoms with E-state index in [0.29, 0.717) is 25.8 Å². The lowest BCUT2D eigenvalue weighted by Crippen LogP contribution is -2.31. The molecule has 2 atom stereocenters. The molecule has 2 amide bonds. The van der Waals surface area contributed by atoms with Gasteiger partial charge in [-0.1, -0.05) is 12.2 Å². The van der Waals surface area contributed by atoms with Gasteiger partial charge in [-0.25, -0.2) is 0 Å². The van der Waals surface area contributed by atoms with Crippen LogP contribution < -0.4 is 0 Å². The number of amides is 2. The van der Waals surface area contributed by atoms with Crippen molar-refractivity contribution in [3.8, 4) is 11.8 Å². The molecule has 3 nitrogen and oxygen atoms in total. The van der Waals surface area contributed by atoms with Crippen LogP contribution in [0.3, 0.4) is 0 Å². The van der Waals surface area contributed by atoms with E-state index in [-0.39, 0.29) is 23.7 Å². The molecule has 1 aliphatic carbocycles. The van der Waals surface area contributed by atoms with Crippen LogP contribution in [0.2, 0.25) is 0 Å². The Hall–Kier alpha value is -1.56. The second kappa shape index (κ2) is 4.52. The fourth-order valence-corrected chi connectivity index (χ4v) is 2.38. The van der Waals surface area contributed by atoms with Gasteiger partial charge < -0.3 is 0 Å². The number of imide groups is 1. The molecular formula is C13H15NO2. The minimum absolute atomic E-state index is 0.00254. The number of hydrogen-bond donors (Lipinski definition) is 0. The van der Waals surface area contributed by atoms with Gasteiger partial charge in [0.25, 0.3) is 0 Å². The third-order valence-corrected chi connectivity index (χ3v) is 3.24. The van der Waals surface area contributed by atoms with Gasteiger partial charge in [-0.15, -0.1) is 11.8 Å². The summed E-state index contributed by atoms with van der Waals surface area (Å²) in [5.74, 6) is 5.44. The summed E-state index contributed by atoms with van der Waals surface area (Å²) in [6, 6.07) is 0. The number of fused-ring (bicyclic) bond motifs is 1. The van der Waals surface area contributed by atoms with Gasteiger partial charge in [0.05, 0.1) is 11.8 Å². The van der Waals surface area contributed by atoms with E-state index in [0.717, 1.165) is 0 Å². The Kier molecular flexibility index (Phi) is 3.09. The van der Waals surface area contributed by atoms with Crippen molar-refractivity contribution in [2.45, 2.75) is 26.2 Å². The molecule has 1 saturated heterocycles. The van der Waals surface area contributed by atoms with E-state index in [2.05, 4.69) is 11.8 Å². The molecule has 1 heterocycles. The highest BCUT2D eigenvalue weighted by molar-refractivity contribution is 6.05. The molecule has 0 bridgehead atoms. The van der Waals surface area contributed by atoms with Gasteiger partial charge in [-0.05, 0) is 19.8 Å². The van der Waals surface area contributed by atoms with E-state index in [9.17, 15) is 9.59 Å². The van der Waals surface area contributed by atoms with Gasteiger partial charge in [0.1, 0.15) is 0 Å². The van der Waals surface area contributed by atoms with Gasteiger partial charge in [0, 0.05) is 13.0 Å². The lowest BCUT2D eigenvalue weighted by atomic mass is 9.85. The van der Waals surface area contributed by atoms with E-state index in [1.54, 1.807) is 6.92 Å². The predicted octanol–water partition coefficient (Wildman–Crippen LogP) is 1.35. The molecule has 2 rings (SSSR count). The highest BCUT2D eigenvalue weighted by atomic mass is 16.2. The van der Waals surface area contributed by atoms with Crippen molar-refractivity contribution >= 4 is 11.8 Å². The number of hydrogen-bond acceptors (Lipinski definition) is 2. The highest BCUT2D eigenvalue weighted by Gasteiger charge is 2.46. The van der Waals surface area contributed by atoms with Gasteiger partial charge in [-0.2, -0.15) is 0 Å². The summed E-state index contributed by atoms with van der Waals surface area (Å²) < 4.78 is 0. The maximum Gasteiger partial charge on any atom is 0.233 e. The second-order valence-electron chi connectivity index (χ2n) is 4.16. The normalized spacial score (nSPS) is 27.7. The average molecular weight is 217 g/mol. The van der Waals surface area contributed by atoms with E-state index in [4.69, 9.17) is 0 Å². The molecule has 16 heavy (non-hydrogen) atoms. The second-order valence-corrected chi connectivity index (χ2v) is 4.16. The van der Waals surface area contributed by atoms with Crippen LogP contribution in [0.5, 0.6) is 0 Å². The van der Waals surface area contributed by atoms with Crippen molar-refractivity contribution < 1.29 is 9.59 Å². The number of carbonyl (C=O) groups excluding carboxylic acids is 2. The minimum atomic E-state index is -0.105. The zero-order valence-corrected chi connectivity index (χ0v) is 9.40. The molecule has 0 aromatic rings. The van der Waals surface area contributed by atoms with E-state index < -0.39 is 0 Å². The van der Waals surface area contributed by atoms with Crippen LogP contribution >= 0.6 is 0 Å². The van der Waals surface area contributed by atoms with Crippen molar-refractivity contribution in [1.82, 2.24) is 4.90 Å². The summed E-state index contributed by atoms with van der Waals surface area (Å²) in [5, 5.41) is 0. The van der Waals surface area contributed by atoms with Gasteiger partial charge >= 0.3 is 0 Å². The van der Waals surface area contributed by atoms with E-state index in [1.165, 1.54) is 4.90 Å². The maximum atomic E-state index is 12.0. The highest BCUT2D eigenvalue weighted by Crippen LogP contribution is 2.34. The Morgan fingerprint density at radius 1 is 1.25 bits per heavy atom. The summed E-state index contributed by atoms with van der Waals surface area (Å²) in [6.07, 6.45) is 6.01. The molecule has 0 radical (unpaired) electrons. The largest absolute Gasteiger partial charge is 0.281 e. The smallest absolute Gasteiger partial charge is 0.233 e. The Labute approximate surface area is 95.5 Å². The van der Waals surface area contributed by atoms with Crippen LogP contribution in [-0.4, -0.2) is 23.3 Å². The van der Waals surface area contributed by atoms with E-state index in [1.807, 2.05) is 12.2 Å². The van der Waals surface area contributed by atoms with Gasteiger partial charge in [-0.3, -0.25) is 14.5 Å². The maximum absolute atomic E-state index is 12.0. The summed E-state index contributed by atoms with van der Waals surface area (Å²) >= 11 is 0. The van der Waals surface area contributed by atoms with Gasteiger partial charge in [0.15, 0.2) is 0 Å². The topological polar surface area (TPSA) is 37.4 Å². The molecule has 84 valence electrons. The first-order valence-electron chi connectivity index (χ1n) is 5.65. The zero-order chi connectivity index (χ0) is 11.5. The summed E-state index contributed by atoms with van der Waals surface area (Å²) in [6.45, 7) is 2.21. The summed E-state index contributed by atoms with van der Waals surface area (Å²) in [5.41, 5.74) is 0. The first kappa shape index (κ1) is 10.9. The predicted molar refractivity (Wildman–Crippen MR) is 60.1 cm³/mol. The van der Waals surface area contributed by atoms with Crippen molar-refractivity contribution in [3.63, 3.8) is 0 Å². The van der Waals surface area contributed by atoms with Gasteiger partial charge in [0.2, 0.25) is 11.8 Å². The Bertz CT molecular complexity index is 374. The lowest BCUT2D eigenvalue weighted by molar-refractivity contribution is -0.139. The molecule has 0 saturated carbocycles. The average Bonchev–Trinajstić information content (AvgIpc) is 2.55. The first-order chi connectivity index (χ1) is 7.75. The molecule has 2 aliphatic rings. The molecule has 1 fully saturated rings. The van der Waals surface area contributed by atoms with Crippen LogP contribution in [0.4, 0.5) is 0 Å². The SMILES string of the molecule is CC#CCCN1C(=O)[C@H]2CC=CC[C@H]2C1=O. The fraction of sp³-hybridized carbons (Fsp3) is 0.538. The minimum Gasteiger partial charge on any atom is -0.281 e. The third kappa shape index (κ3) is 1.76. The van der Waals surface area contributed by atoms with E-state index >= 15 is 0 Å². The van der Waals surface area contributed by atoms with Crippen molar-refractivity contribution in [2.24, 2.45) is 11.8 Å². The van der Waals surface area contributed by atoms with Crippen LogP contribution in [0.25, 0.3) is 0 Å². The van der Waals surface area contributed by atoms with Crippen molar-refractivity contribution in [1.29, 1.82) is 0 Å². The summed E-state index contributed by atoms with van der Waals surface area (Å²) in [7, 11) is 0. The van der Waals surface area contributed by atoms with Crippen LogP contribution in [0.15, 0.2) is 12.2 Å². The fourth-order valence-electron chi connectivity index (χ4n) is 2.38. The Morgan fingerprint density at radius 2 is 1.81 bits per heavy atom. The third-order valence-electron chi connectivity index (χ3n) is 3.24. The van der Waals surface area contributed by atoms with Crippen LogP contribution in [0.1, 0.15) is 26.2 Å². The molecule has 0 aromatic carbocycles. The first-order valence-corrected chi connectivity index (χ1v) is 5.65. The standard InChI is InChI=1S/C13H15NO2/c1-2-3-6-9-14-12(15)10-7-4-5-8-11(10)13(14)16/h4-5,10-11H,6-9H2,1H3/t10-,11+. The number of likely N-dealkylation sites (tertiary alicyclic amines) is 1. The van der Waals surface area contributed by atoms with Crippen LogP contribution in [0, 0.1) is 23.7 Å². The molecule has 0 N–H and O–H groups in total. The molecule has 0 unspecified atom stereocenters. The van der Waals surface area contributed by atoms with Crippen LogP contribution in [-0.2, 0) is 9.59 Å². The molecular weight excluding hydrogens is 202 g/mol. The monoisotopic (exact) mass is 217 g/mol. The number of rotatable bonds is 2. The van der Waals surface area contributed by atoms with Crippen molar-refractivity contribution in [2.75, 3.05) is 6.54 Å². The molecule has 3 heteroatoms. The Balaban J connectivity index is 2.07. The van der Waals surface area contributed by atoms with Crippen molar-refractivity contribution in [3.05, 3.63) is 12.2 Å². The zero-order valence-electron chi connectivity index (χ0n) is 9.40.